The number of sulfonamides is 1. The number of fused-ring (bicyclic) bond motifs is 1. The molecule has 0 saturated heterocycles. The highest BCUT2D eigenvalue weighted by Crippen LogP contribution is 2.41. The Morgan fingerprint density at radius 2 is 2.18 bits per heavy atom. The van der Waals surface area contributed by atoms with Crippen LogP contribution in [-0.4, -0.2) is 36.1 Å². The molecule has 3 rings (SSSR count). The molecule has 2 heterocycles. The van der Waals surface area contributed by atoms with Crippen molar-refractivity contribution in [2.75, 3.05) is 12.8 Å². The van der Waals surface area contributed by atoms with E-state index in [4.69, 9.17) is 4.98 Å². The van der Waals surface area contributed by atoms with Gasteiger partial charge in [-0.1, -0.05) is 0 Å². The second-order valence-corrected chi connectivity index (χ2v) is 9.26. The fourth-order valence-corrected chi connectivity index (χ4v) is 4.56. The van der Waals surface area contributed by atoms with Gasteiger partial charge in [0.15, 0.2) is 4.96 Å². The Labute approximate surface area is 135 Å². The first kappa shape index (κ1) is 15.9. The Morgan fingerprint density at radius 1 is 1.45 bits per heavy atom. The van der Waals surface area contributed by atoms with Crippen molar-refractivity contribution < 1.29 is 8.42 Å². The molecule has 1 aliphatic rings. The highest BCUT2D eigenvalue weighted by atomic mass is 32.2. The molecule has 1 aliphatic carbocycles. The largest absolute Gasteiger partial charge is 0.309 e. The van der Waals surface area contributed by atoms with Crippen molar-refractivity contribution in [3.63, 3.8) is 0 Å². The van der Waals surface area contributed by atoms with Crippen molar-refractivity contribution in [1.82, 2.24) is 19.4 Å². The number of hydrogen-bond acceptors (Lipinski definition) is 5. The summed E-state index contributed by atoms with van der Waals surface area (Å²) in [6.45, 7) is 5.00. The summed E-state index contributed by atoms with van der Waals surface area (Å²) >= 11 is 1.65. The third kappa shape index (κ3) is 3.68. The van der Waals surface area contributed by atoms with Crippen LogP contribution in [0.25, 0.3) is 4.96 Å². The lowest BCUT2D eigenvalue weighted by Gasteiger charge is -2.25. The first-order chi connectivity index (χ1) is 10.3. The van der Waals surface area contributed by atoms with E-state index in [1.165, 1.54) is 30.5 Å². The van der Waals surface area contributed by atoms with Crippen LogP contribution in [0.1, 0.15) is 44.0 Å². The van der Waals surface area contributed by atoms with Gasteiger partial charge in [0.25, 0.3) is 0 Å². The van der Waals surface area contributed by atoms with Crippen LogP contribution in [0.4, 0.5) is 0 Å². The minimum absolute atomic E-state index is 0.522. The summed E-state index contributed by atoms with van der Waals surface area (Å²) in [4.78, 5) is 5.77. The average Bonchev–Trinajstić information content (AvgIpc) is 2.99. The van der Waals surface area contributed by atoms with Gasteiger partial charge in [-0.25, -0.2) is 18.1 Å². The van der Waals surface area contributed by atoms with E-state index < -0.39 is 15.6 Å². The van der Waals surface area contributed by atoms with Gasteiger partial charge >= 0.3 is 0 Å². The molecule has 0 bridgehead atoms. The van der Waals surface area contributed by atoms with Crippen molar-refractivity contribution in [1.29, 1.82) is 0 Å². The highest BCUT2D eigenvalue weighted by Gasteiger charge is 2.30. The molecule has 0 spiro atoms. The number of nitrogens with zero attached hydrogens (tertiary/aromatic N) is 2. The molecule has 0 radical (unpaired) electrons. The lowest BCUT2D eigenvalue weighted by molar-refractivity contribution is 0.419. The summed E-state index contributed by atoms with van der Waals surface area (Å²) in [5.41, 5.74) is 1.88. The van der Waals surface area contributed by atoms with E-state index in [1.807, 2.05) is 19.2 Å². The fourth-order valence-electron chi connectivity index (χ4n) is 2.74. The summed E-state index contributed by atoms with van der Waals surface area (Å²) in [5, 5.41) is 5.41. The lowest BCUT2D eigenvalue weighted by atomic mass is 10.1. The van der Waals surface area contributed by atoms with Crippen LogP contribution in [-0.2, 0) is 16.6 Å². The number of thiazole rings is 1. The molecule has 2 aromatic heterocycles. The molecule has 0 aromatic carbocycles. The van der Waals surface area contributed by atoms with Crippen LogP contribution in [0.3, 0.4) is 0 Å². The smallest absolute Gasteiger partial charge is 0.209 e. The average molecular weight is 342 g/mol. The minimum atomic E-state index is -3.21. The van der Waals surface area contributed by atoms with Crippen LogP contribution in [0.5, 0.6) is 0 Å². The third-order valence-electron chi connectivity index (χ3n) is 3.68. The van der Waals surface area contributed by atoms with Gasteiger partial charge in [0.2, 0.25) is 10.0 Å². The van der Waals surface area contributed by atoms with E-state index in [0.717, 1.165) is 4.96 Å². The standard InChI is InChI=1S/C14H22N4O2S2/c1-14(2,17-22(3,19)20)9-15-8-11-12(10-4-5-10)16-13-18(11)6-7-21-13/h6-7,10,15,17H,4-5,8-9H2,1-3H3. The van der Waals surface area contributed by atoms with E-state index in [9.17, 15) is 8.42 Å². The fraction of sp³-hybridized carbons (Fsp3) is 0.643. The van der Waals surface area contributed by atoms with Gasteiger partial charge in [-0.2, -0.15) is 0 Å². The maximum Gasteiger partial charge on any atom is 0.209 e. The van der Waals surface area contributed by atoms with Gasteiger partial charge in [-0.15, -0.1) is 11.3 Å². The SMILES string of the molecule is CC(C)(CNCc1c(C2CC2)nc2sccn12)NS(C)(=O)=O. The van der Waals surface area contributed by atoms with Gasteiger partial charge in [0, 0.05) is 36.1 Å². The van der Waals surface area contributed by atoms with Crippen LogP contribution in [0, 0.1) is 0 Å². The molecule has 0 amide bonds. The minimum Gasteiger partial charge on any atom is -0.309 e. The van der Waals surface area contributed by atoms with Crippen LogP contribution < -0.4 is 10.0 Å². The lowest BCUT2D eigenvalue weighted by Crippen LogP contribution is -2.49. The summed E-state index contributed by atoms with van der Waals surface area (Å²) in [7, 11) is -3.21. The molecule has 1 saturated carbocycles. The zero-order chi connectivity index (χ0) is 16.0. The Morgan fingerprint density at radius 3 is 2.82 bits per heavy atom. The quantitative estimate of drug-likeness (QED) is 0.803. The molecule has 8 heteroatoms. The molecule has 0 atom stereocenters. The Balaban J connectivity index is 1.69. The summed E-state index contributed by atoms with van der Waals surface area (Å²) in [6, 6.07) is 0. The van der Waals surface area contributed by atoms with E-state index in [-0.39, 0.29) is 0 Å². The van der Waals surface area contributed by atoms with E-state index in [2.05, 4.69) is 20.6 Å². The molecule has 22 heavy (non-hydrogen) atoms. The predicted octanol–water partition coefficient (Wildman–Crippen LogP) is 1.69. The summed E-state index contributed by atoms with van der Waals surface area (Å²) in [6.07, 6.45) is 5.68. The van der Waals surface area contributed by atoms with E-state index >= 15 is 0 Å². The number of rotatable bonds is 7. The summed E-state index contributed by atoms with van der Waals surface area (Å²) < 4.78 is 27.5. The van der Waals surface area contributed by atoms with Crippen molar-refractivity contribution in [3.8, 4) is 0 Å². The molecule has 6 nitrogen and oxygen atoms in total. The first-order valence-electron chi connectivity index (χ1n) is 7.39. The monoisotopic (exact) mass is 342 g/mol. The Bertz CT molecular complexity index is 772. The molecular formula is C14H22N4O2S2. The van der Waals surface area contributed by atoms with Gasteiger partial charge < -0.3 is 5.32 Å². The number of aromatic nitrogens is 2. The van der Waals surface area contributed by atoms with Gasteiger partial charge in [0.1, 0.15) is 0 Å². The number of imidazole rings is 1. The zero-order valence-corrected chi connectivity index (χ0v) is 14.7. The molecule has 0 aliphatic heterocycles. The van der Waals surface area contributed by atoms with Gasteiger partial charge in [-0.05, 0) is 26.7 Å². The maximum absolute atomic E-state index is 11.4. The maximum atomic E-state index is 11.4. The van der Waals surface area contributed by atoms with Crippen LogP contribution >= 0.6 is 11.3 Å². The number of nitrogens with one attached hydrogen (secondary N) is 2. The molecular weight excluding hydrogens is 320 g/mol. The molecule has 2 aromatic rings. The molecule has 1 fully saturated rings. The normalized spacial score (nSPS) is 16.5. The zero-order valence-electron chi connectivity index (χ0n) is 13.1. The Kier molecular flexibility index (Phi) is 4.05. The second kappa shape index (κ2) is 5.59. The third-order valence-corrected chi connectivity index (χ3v) is 5.36. The molecule has 0 unspecified atom stereocenters. The van der Waals surface area contributed by atoms with Crippen molar-refractivity contribution >= 4 is 26.3 Å². The predicted molar refractivity (Wildman–Crippen MR) is 88.8 cm³/mol. The summed E-state index contributed by atoms with van der Waals surface area (Å²) in [5.74, 6) is 0.603. The van der Waals surface area contributed by atoms with Gasteiger partial charge in [0.05, 0.1) is 17.6 Å². The molecule has 122 valence electrons. The Hall–Kier alpha value is -0.960. The van der Waals surface area contributed by atoms with E-state index in [1.54, 1.807) is 11.3 Å². The van der Waals surface area contributed by atoms with Crippen LogP contribution in [0.2, 0.25) is 0 Å². The number of hydrogen-bond donors (Lipinski definition) is 2. The van der Waals surface area contributed by atoms with Crippen LogP contribution in [0.15, 0.2) is 11.6 Å². The first-order valence-corrected chi connectivity index (χ1v) is 10.2. The topological polar surface area (TPSA) is 75.5 Å². The second-order valence-electron chi connectivity index (χ2n) is 6.64. The highest BCUT2D eigenvalue weighted by molar-refractivity contribution is 7.88. The van der Waals surface area contributed by atoms with Crippen molar-refractivity contribution in [3.05, 3.63) is 23.0 Å². The van der Waals surface area contributed by atoms with Crippen molar-refractivity contribution in [2.24, 2.45) is 0 Å². The van der Waals surface area contributed by atoms with Crippen molar-refractivity contribution in [2.45, 2.75) is 44.7 Å². The van der Waals surface area contributed by atoms with Gasteiger partial charge in [-0.3, -0.25) is 4.40 Å². The van der Waals surface area contributed by atoms with E-state index in [0.29, 0.717) is 19.0 Å². The molecule has 2 N–H and O–H groups in total.